The summed E-state index contributed by atoms with van der Waals surface area (Å²) in [5.41, 5.74) is 0.114. The molecular formula is C9H4BrF3N2. The lowest BCUT2D eigenvalue weighted by Crippen LogP contribution is -2.00. The van der Waals surface area contributed by atoms with E-state index in [4.69, 9.17) is 0 Å². The van der Waals surface area contributed by atoms with E-state index in [9.17, 15) is 13.2 Å². The molecule has 0 saturated heterocycles. The zero-order chi connectivity index (χ0) is 11.0. The fraction of sp³-hybridized carbons (Fsp3) is 0. The van der Waals surface area contributed by atoms with Crippen molar-refractivity contribution in [1.29, 1.82) is 0 Å². The topological polar surface area (TPSA) is 17.8 Å². The minimum absolute atomic E-state index is 0.114. The molecule has 2 rings (SSSR count). The van der Waals surface area contributed by atoms with Crippen LogP contribution in [0.4, 0.5) is 13.2 Å². The molecular weight excluding hydrogens is 273 g/mol. The lowest BCUT2D eigenvalue weighted by Gasteiger charge is -2.04. The molecule has 0 saturated carbocycles. The zero-order valence-corrected chi connectivity index (χ0v) is 8.80. The molecule has 2 nitrogen and oxygen atoms in total. The predicted molar refractivity (Wildman–Crippen MR) is 51.1 cm³/mol. The second kappa shape index (κ2) is 3.69. The highest BCUT2D eigenvalue weighted by Gasteiger charge is 2.12. The molecule has 6 heteroatoms. The number of nitrogens with zero attached hydrogens (tertiary/aromatic N) is 2. The first kappa shape index (κ1) is 10.2. The Morgan fingerprint density at radius 3 is 2.20 bits per heavy atom. The SMILES string of the molecule is Fc1cc(-n2nccc2Br)cc(F)c1F. The Morgan fingerprint density at radius 2 is 1.73 bits per heavy atom. The monoisotopic (exact) mass is 276 g/mol. The molecule has 0 aliphatic carbocycles. The lowest BCUT2D eigenvalue weighted by molar-refractivity contribution is 0.446. The summed E-state index contributed by atoms with van der Waals surface area (Å²) in [5.74, 6) is -3.97. The average Bonchev–Trinajstić information content (AvgIpc) is 2.60. The van der Waals surface area contributed by atoms with Crippen molar-refractivity contribution in [2.75, 3.05) is 0 Å². The Kier molecular flexibility index (Phi) is 2.52. The summed E-state index contributed by atoms with van der Waals surface area (Å²) in [7, 11) is 0. The van der Waals surface area contributed by atoms with Crippen LogP contribution in [0.1, 0.15) is 0 Å². The van der Waals surface area contributed by atoms with Gasteiger partial charge in [-0.15, -0.1) is 0 Å². The second-order valence-electron chi connectivity index (χ2n) is 2.79. The Balaban J connectivity index is 2.60. The Bertz CT molecular complexity index is 487. The number of halogens is 4. The van der Waals surface area contributed by atoms with Gasteiger partial charge in [0, 0.05) is 12.1 Å². The van der Waals surface area contributed by atoms with Crippen molar-refractivity contribution < 1.29 is 13.2 Å². The largest absolute Gasteiger partial charge is 0.226 e. The number of benzene rings is 1. The van der Waals surface area contributed by atoms with Crippen molar-refractivity contribution in [3.8, 4) is 5.69 Å². The molecule has 2 aromatic rings. The first-order chi connectivity index (χ1) is 7.09. The molecule has 1 aromatic carbocycles. The van der Waals surface area contributed by atoms with Crippen LogP contribution in [0.15, 0.2) is 29.0 Å². The van der Waals surface area contributed by atoms with E-state index in [1.165, 1.54) is 10.9 Å². The maximum Gasteiger partial charge on any atom is 0.194 e. The van der Waals surface area contributed by atoms with Crippen LogP contribution in [0.5, 0.6) is 0 Å². The molecule has 0 amide bonds. The van der Waals surface area contributed by atoms with Crippen molar-refractivity contribution in [3.05, 3.63) is 46.5 Å². The average molecular weight is 277 g/mol. The molecule has 0 bridgehead atoms. The van der Waals surface area contributed by atoms with Crippen molar-refractivity contribution in [1.82, 2.24) is 9.78 Å². The van der Waals surface area contributed by atoms with Crippen LogP contribution in [-0.4, -0.2) is 9.78 Å². The first-order valence-corrected chi connectivity index (χ1v) is 4.73. The number of hydrogen-bond donors (Lipinski definition) is 0. The van der Waals surface area contributed by atoms with E-state index in [1.807, 2.05) is 0 Å². The van der Waals surface area contributed by atoms with Crippen LogP contribution in [-0.2, 0) is 0 Å². The highest BCUT2D eigenvalue weighted by Crippen LogP contribution is 2.19. The van der Waals surface area contributed by atoms with Gasteiger partial charge in [0.25, 0.3) is 0 Å². The molecule has 15 heavy (non-hydrogen) atoms. The minimum atomic E-state index is -1.48. The number of hydrogen-bond acceptors (Lipinski definition) is 1. The van der Waals surface area contributed by atoms with E-state index >= 15 is 0 Å². The molecule has 0 aliphatic heterocycles. The van der Waals surface area contributed by atoms with Crippen LogP contribution in [0.25, 0.3) is 5.69 Å². The molecule has 1 heterocycles. The molecule has 1 aromatic heterocycles. The molecule has 0 N–H and O–H groups in total. The summed E-state index contributed by atoms with van der Waals surface area (Å²) in [6.45, 7) is 0. The van der Waals surface area contributed by atoms with E-state index in [2.05, 4.69) is 21.0 Å². The minimum Gasteiger partial charge on any atom is -0.226 e. The first-order valence-electron chi connectivity index (χ1n) is 3.94. The van der Waals surface area contributed by atoms with Crippen LogP contribution in [0.3, 0.4) is 0 Å². The summed E-state index contributed by atoms with van der Waals surface area (Å²) in [4.78, 5) is 0. The zero-order valence-electron chi connectivity index (χ0n) is 7.22. The molecule has 0 unspecified atom stereocenters. The predicted octanol–water partition coefficient (Wildman–Crippen LogP) is 3.05. The quantitative estimate of drug-likeness (QED) is 0.732. The summed E-state index contributed by atoms with van der Waals surface area (Å²) >= 11 is 3.13. The molecule has 0 atom stereocenters. The summed E-state index contributed by atoms with van der Waals surface area (Å²) in [6, 6.07) is 3.34. The van der Waals surface area contributed by atoms with Gasteiger partial charge in [-0.2, -0.15) is 5.10 Å². The second-order valence-corrected chi connectivity index (χ2v) is 3.60. The van der Waals surface area contributed by atoms with Gasteiger partial charge in [0.15, 0.2) is 17.5 Å². The van der Waals surface area contributed by atoms with Crippen molar-refractivity contribution in [2.24, 2.45) is 0 Å². The van der Waals surface area contributed by atoms with Gasteiger partial charge in [-0.3, -0.25) is 0 Å². The molecule has 0 fully saturated rings. The maximum atomic E-state index is 12.9. The van der Waals surface area contributed by atoms with Crippen molar-refractivity contribution in [3.63, 3.8) is 0 Å². The van der Waals surface area contributed by atoms with Crippen LogP contribution < -0.4 is 0 Å². The van der Waals surface area contributed by atoms with Gasteiger partial charge in [0.05, 0.1) is 11.9 Å². The van der Waals surface area contributed by atoms with Gasteiger partial charge < -0.3 is 0 Å². The van der Waals surface area contributed by atoms with Gasteiger partial charge in [-0.1, -0.05) is 0 Å². The third-order valence-corrected chi connectivity index (χ3v) is 2.41. The highest BCUT2D eigenvalue weighted by atomic mass is 79.9. The Hall–Kier alpha value is -1.30. The van der Waals surface area contributed by atoms with E-state index in [-0.39, 0.29) is 5.69 Å². The molecule has 0 spiro atoms. The summed E-state index contributed by atoms with van der Waals surface area (Å²) in [6.07, 6.45) is 1.45. The third kappa shape index (κ3) is 1.77. The Morgan fingerprint density at radius 1 is 1.13 bits per heavy atom. The van der Waals surface area contributed by atoms with E-state index in [1.54, 1.807) is 6.07 Å². The number of rotatable bonds is 1. The summed E-state index contributed by atoms with van der Waals surface area (Å²) < 4.78 is 40.2. The molecule has 78 valence electrons. The Labute approximate surface area is 91.5 Å². The maximum absolute atomic E-state index is 12.9. The van der Waals surface area contributed by atoms with Gasteiger partial charge in [0.1, 0.15) is 4.60 Å². The van der Waals surface area contributed by atoms with E-state index in [0.717, 1.165) is 12.1 Å². The van der Waals surface area contributed by atoms with Gasteiger partial charge in [0.2, 0.25) is 0 Å². The van der Waals surface area contributed by atoms with Gasteiger partial charge in [-0.05, 0) is 22.0 Å². The third-order valence-electron chi connectivity index (χ3n) is 1.81. The summed E-state index contributed by atoms with van der Waals surface area (Å²) in [5, 5.41) is 3.81. The van der Waals surface area contributed by atoms with Crippen LogP contribution in [0.2, 0.25) is 0 Å². The van der Waals surface area contributed by atoms with E-state index < -0.39 is 17.5 Å². The lowest BCUT2D eigenvalue weighted by atomic mass is 10.3. The fourth-order valence-electron chi connectivity index (χ4n) is 1.14. The van der Waals surface area contributed by atoms with Crippen molar-refractivity contribution in [2.45, 2.75) is 0 Å². The number of aromatic nitrogens is 2. The highest BCUT2D eigenvalue weighted by molar-refractivity contribution is 9.10. The van der Waals surface area contributed by atoms with Crippen LogP contribution >= 0.6 is 15.9 Å². The van der Waals surface area contributed by atoms with E-state index in [0.29, 0.717) is 4.60 Å². The van der Waals surface area contributed by atoms with Gasteiger partial charge >= 0.3 is 0 Å². The fourth-order valence-corrected chi connectivity index (χ4v) is 1.56. The molecule has 0 aliphatic rings. The molecule has 0 radical (unpaired) electrons. The van der Waals surface area contributed by atoms with Gasteiger partial charge in [-0.25, -0.2) is 17.9 Å². The normalized spacial score (nSPS) is 10.7. The smallest absolute Gasteiger partial charge is 0.194 e. The van der Waals surface area contributed by atoms with Crippen LogP contribution in [0, 0.1) is 17.5 Å². The van der Waals surface area contributed by atoms with Crippen molar-refractivity contribution >= 4 is 15.9 Å². The standard InChI is InChI=1S/C9H4BrF3N2/c10-8-1-2-14-15(8)5-3-6(11)9(13)7(12)4-5/h1-4H.